The summed E-state index contributed by atoms with van der Waals surface area (Å²) in [5.74, 6) is 1.18. The zero-order chi connectivity index (χ0) is 17.0. The van der Waals surface area contributed by atoms with Crippen molar-refractivity contribution in [1.29, 1.82) is 0 Å². The molecule has 0 aliphatic rings. The first kappa shape index (κ1) is 17.0. The number of nitrogens with two attached hydrogens (primary N) is 1. The zero-order valence-electron chi connectivity index (χ0n) is 13.0. The maximum Gasteiger partial charge on any atom is 0.255 e. The largest absolute Gasteiger partial charge is 0.494 e. The molecule has 0 aliphatic carbocycles. The molecule has 0 fully saturated rings. The summed E-state index contributed by atoms with van der Waals surface area (Å²) < 4.78 is 16.2. The van der Waals surface area contributed by atoms with Crippen LogP contribution in [0.25, 0.3) is 0 Å². The molecule has 7 heteroatoms. The van der Waals surface area contributed by atoms with Crippen LogP contribution in [0.4, 0.5) is 11.4 Å². The number of carbonyl (C=O) groups excluding carboxylic acids is 1. The predicted molar refractivity (Wildman–Crippen MR) is 92.6 cm³/mol. The van der Waals surface area contributed by atoms with Crippen molar-refractivity contribution < 1.29 is 19.0 Å². The minimum atomic E-state index is -0.310. The van der Waals surface area contributed by atoms with Crippen molar-refractivity contribution in [2.75, 3.05) is 32.4 Å². The maximum absolute atomic E-state index is 12.5. The minimum absolute atomic E-state index is 0.310. The number of nitrogen functional groups attached to an aromatic ring is 1. The number of hydrogen-bond acceptors (Lipinski definition) is 5. The molecule has 2 aromatic carbocycles. The number of nitrogens with one attached hydrogen (secondary N) is 1. The fourth-order valence-electron chi connectivity index (χ4n) is 2.05. The highest BCUT2D eigenvalue weighted by atomic mass is 79.9. The summed E-state index contributed by atoms with van der Waals surface area (Å²) in [6.45, 7) is 0. The first-order chi connectivity index (χ1) is 11.0. The van der Waals surface area contributed by atoms with Gasteiger partial charge in [0.05, 0.1) is 27.0 Å². The van der Waals surface area contributed by atoms with Crippen molar-refractivity contribution in [2.45, 2.75) is 0 Å². The van der Waals surface area contributed by atoms with Crippen LogP contribution in [0.3, 0.4) is 0 Å². The van der Waals surface area contributed by atoms with Gasteiger partial charge < -0.3 is 25.3 Å². The van der Waals surface area contributed by atoms with E-state index in [-0.39, 0.29) is 5.91 Å². The summed E-state index contributed by atoms with van der Waals surface area (Å²) >= 11 is 3.37. The van der Waals surface area contributed by atoms with Crippen molar-refractivity contribution in [2.24, 2.45) is 0 Å². The van der Waals surface area contributed by atoms with Gasteiger partial charge in [-0.25, -0.2) is 0 Å². The van der Waals surface area contributed by atoms with Gasteiger partial charge in [-0.2, -0.15) is 0 Å². The predicted octanol–water partition coefficient (Wildman–Crippen LogP) is 3.31. The summed E-state index contributed by atoms with van der Waals surface area (Å²) in [5.41, 5.74) is 7.21. The lowest BCUT2D eigenvalue weighted by Crippen LogP contribution is -2.13. The van der Waals surface area contributed by atoms with Crippen LogP contribution >= 0.6 is 15.9 Å². The third kappa shape index (κ3) is 3.68. The lowest BCUT2D eigenvalue weighted by atomic mass is 10.1. The van der Waals surface area contributed by atoms with Crippen LogP contribution in [0.5, 0.6) is 17.2 Å². The van der Waals surface area contributed by atoms with E-state index in [0.717, 1.165) is 0 Å². The molecule has 1 amide bonds. The number of methoxy groups -OCH3 is 3. The van der Waals surface area contributed by atoms with Crippen molar-refractivity contribution in [3.05, 3.63) is 40.4 Å². The van der Waals surface area contributed by atoms with Gasteiger partial charge in [-0.15, -0.1) is 0 Å². The summed E-state index contributed by atoms with van der Waals surface area (Å²) in [6, 6.07) is 8.24. The summed E-state index contributed by atoms with van der Waals surface area (Å²) in [6.07, 6.45) is 0. The van der Waals surface area contributed by atoms with E-state index in [1.807, 2.05) is 0 Å². The summed E-state index contributed by atoms with van der Waals surface area (Å²) in [5, 5.41) is 2.80. The van der Waals surface area contributed by atoms with Crippen LogP contribution in [-0.2, 0) is 0 Å². The standard InChI is InChI=1S/C16H17BrN2O4/c1-21-12-5-4-9(6-13(12)22-2)16(20)19-15-11(17)7-10(18)8-14(15)23-3/h4-8H,18H2,1-3H3,(H,19,20). The van der Waals surface area contributed by atoms with Crippen LogP contribution in [0.15, 0.2) is 34.8 Å². The van der Waals surface area contributed by atoms with Gasteiger partial charge in [-0.3, -0.25) is 4.79 Å². The molecule has 2 aromatic rings. The van der Waals surface area contributed by atoms with E-state index in [0.29, 0.717) is 38.7 Å². The van der Waals surface area contributed by atoms with Gasteiger partial charge >= 0.3 is 0 Å². The SMILES string of the molecule is COc1ccc(C(=O)Nc2c(Br)cc(N)cc2OC)cc1OC. The smallest absolute Gasteiger partial charge is 0.255 e. The molecular formula is C16H17BrN2O4. The highest BCUT2D eigenvalue weighted by molar-refractivity contribution is 9.10. The van der Waals surface area contributed by atoms with Crippen LogP contribution in [0.1, 0.15) is 10.4 Å². The van der Waals surface area contributed by atoms with Gasteiger partial charge in [-0.05, 0) is 40.2 Å². The molecule has 0 atom stereocenters. The fourth-order valence-corrected chi connectivity index (χ4v) is 2.61. The highest BCUT2D eigenvalue weighted by Gasteiger charge is 2.15. The Balaban J connectivity index is 2.33. The molecular weight excluding hydrogens is 364 g/mol. The van der Waals surface area contributed by atoms with Gasteiger partial charge in [0, 0.05) is 21.8 Å². The number of rotatable bonds is 5. The number of amides is 1. The van der Waals surface area contributed by atoms with Crippen molar-refractivity contribution in [3.63, 3.8) is 0 Å². The Hall–Kier alpha value is -2.41. The number of carbonyl (C=O) groups is 1. The van der Waals surface area contributed by atoms with Gasteiger partial charge in [0.25, 0.3) is 5.91 Å². The first-order valence-corrected chi connectivity index (χ1v) is 7.45. The molecule has 0 aromatic heterocycles. The molecule has 0 bridgehead atoms. The lowest BCUT2D eigenvalue weighted by molar-refractivity contribution is 0.102. The first-order valence-electron chi connectivity index (χ1n) is 6.66. The Labute approximate surface area is 142 Å². The number of halogens is 1. The molecule has 0 aliphatic heterocycles. The molecule has 6 nitrogen and oxygen atoms in total. The molecule has 0 unspecified atom stereocenters. The normalized spacial score (nSPS) is 10.1. The number of benzene rings is 2. The molecule has 0 saturated heterocycles. The van der Waals surface area contributed by atoms with Crippen molar-refractivity contribution in [1.82, 2.24) is 0 Å². The summed E-state index contributed by atoms with van der Waals surface area (Å²) in [4.78, 5) is 12.5. The maximum atomic E-state index is 12.5. The van der Waals surface area contributed by atoms with Crippen molar-refractivity contribution >= 4 is 33.2 Å². The van der Waals surface area contributed by atoms with E-state index >= 15 is 0 Å². The van der Waals surface area contributed by atoms with Gasteiger partial charge in [-0.1, -0.05) is 0 Å². The fraction of sp³-hybridized carbons (Fsp3) is 0.188. The Morgan fingerprint density at radius 3 is 2.26 bits per heavy atom. The molecule has 3 N–H and O–H groups in total. The van der Waals surface area contributed by atoms with Crippen molar-refractivity contribution in [3.8, 4) is 17.2 Å². The molecule has 2 rings (SSSR count). The molecule has 122 valence electrons. The van der Waals surface area contributed by atoms with Gasteiger partial charge in [0.1, 0.15) is 5.75 Å². The van der Waals surface area contributed by atoms with Gasteiger partial charge in [0.2, 0.25) is 0 Å². The van der Waals surface area contributed by atoms with E-state index in [1.54, 1.807) is 30.3 Å². The average Bonchev–Trinajstić information content (AvgIpc) is 2.56. The Morgan fingerprint density at radius 1 is 1.00 bits per heavy atom. The monoisotopic (exact) mass is 380 g/mol. The minimum Gasteiger partial charge on any atom is -0.494 e. The number of ether oxygens (including phenoxy) is 3. The molecule has 0 spiro atoms. The Bertz CT molecular complexity index is 734. The van der Waals surface area contributed by atoms with Crippen LogP contribution in [-0.4, -0.2) is 27.2 Å². The Morgan fingerprint density at radius 2 is 1.65 bits per heavy atom. The second-order valence-electron chi connectivity index (χ2n) is 4.60. The third-order valence-electron chi connectivity index (χ3n) is 3.18. The van der Waals surface area contributed by atoms with E-state index in [9.17, 15) is 4.79 Å². The van der Waals surface area contributed by atoms with E-state index in [4.69, 9.17) is 19.9 Å². The number of hydrogen-bond donors (Lipinski definition) is 2. The second kappa shape index (κ2) is 7.23. The van der Waals surface area contributed by atoms with Gasteiger partial charge in [0.15, 0.2) is 11.5 Å². The molecule has 23 heavy (non-hydrogen) atoms. The molecule has 0 saturated carbocycles. The molecule has 0 heterocycles. The van der Waals surface area contributed by atoms with E-state index < -0.39 is 0 Å². The van der Waals surface area contributed by atoms with Crippen LogP contribution < -0.4 is 25.3 Å². The van der Waals surface area contributed by atoms with Crippen LogP contribution in [0.2, 0.25) is 0 Å². The third-order valence-corrected chi connectivity index (χ3v) is 3.81. The lowest BCUT2D eigenvalue weighted by Gasteiger charge is -2.14. The van der Waals surface area contributed by atoms with E-state index in [1.165, 1.54) is 21.3 Å². The van der Waals surface area contributed by atoms with E-state index in [2.05, 4.69) is 21.2 Å². The number of anilines is 2. The Kier molecular flexibility index (Phi) is 5.33. The molecule has 0 radical (unpaired) electrons. The van der Waals surface area contributed by atoms with Crippen LogP contribution in [0, 0.1) is 0 Å². The summed E-state index contributed by atoms with van der Waals surface area (Å²) in [7, 11) is 4.56. The quantitative estimate of drug-likeness (QED) is 0.777. The average molecular weight is 381 g/mol. The zero-order valence-corrected chi connectivity index (χ0v) is 14.6. The topological polar surface area (TPSA) is 82.8 Å². The second-order valence-corrected chi connectivity index (χ2v) is 5.46. The highest BCUT2D eigenvalue weighted by Crippen LogP contribution is 2.36.